The molecule has 0 spiro atoms. The normalized spacial score (nSPS) is 11.7. The Kier molecular flexibility index (Phi) is 7.82. The fraction of sp³-hybridized carbons (Fsp3) is 0.125. The van der Waals surface area contributed by atoms with Gasteiger partial charge in [-0.15, -0.1) is 34.4 Å². The van der Waals surface area contributed by atoms with Gasteiger partial charge in [0.2, 0.25) is 5.91 Å². The second-order valence-electron chi connectivity index (χ2n) is 7.01. The zero-order chi connectivity index (χ0) is 23.2. The van der Waals surface area contributed by atoms with E-state index in [1.807, 2.05) is 72.3 Å². The smallest absolute Gasteiger partial charge is 0.265 e. The molecule has 1 unspecified atom stereocenters. The Morgan fingerprint density at radius 3 is 2.61 bits per heavy atom. The van der Waals surface area contributed by atoms with Gasteiger partial charge < -0.3 is 10.6 Å². The van der Waals surface area contributed by atoms with Crippen molar-refractivity contribution in [1.82, 2.24) is 4.98 Å². The zero-order valence-electron chi connectivity index (χ0n) is 17.6. The number of carbonyl (C=O) groups excluding carboxylic acids is 2. The minimum Gasteiger partial charge on any atom is -0.321 e. The van der Waals surface area contributed by atoms with Crippen molar-refractivity contribution in [2.24, 2.45) is 0 Å². The molecule has 1 atom stereocenters. The lowest BCUT2D eigenvalue weighted by atomic mass is 10.2. The Morgan fingerprint density at radius 1 is 1.06 bits per heavy atom. The lowest BCUT2D eigenvalue weighted by Crippen LogP contribution is -2.24. The molecule has 168 valence electrons. The van der Waals surface area contributed by atoms with Crippen molar-refractivity contribution in [3.63, 3.8) is 0 Å². The van der Waals surface area contributed by atoms with Crippen LogP contribution in [0, 0.1) is 0 Å². The maximum Gasteiger partial charge on any atom is 0.265 e. The van der Waals surface area contributed by atoms with E-state index in [9.17, 15) is 9.59 Å². The molecule has 0 saturated carbocycles. The van der Waals surface area contributed by atoms with Crippen molar-refractivity contribution in [1.29, 1.82) is 0 Å². The Bertz CT molecular complexity index is 1240. The summed E-state index contributed by atoms with van der Waals surface area (Å²) < 4.78 is 0. The molecule has 0 saturated heterocycles. The molecule has 0 aliphatic heterocycles. The summed E-state index contributed by atoms with van der Waals surface area (Å²) >= 11 is 10.2. The minimum atomic E-state index is -0.295. The highest BCUT2D eigenvalue weighted by Gasteiger charge is 2.20. The number of rotatable bonds is 8. The van der Waals surface area contributed by atoms with E-state index in [-0.39, 0.29) is 17.1 Å². The second kappa shape index (κ2) is 11.0. The number of thiophene rings is 1. The number of hydrogen-bond acceptors (Lipinski definition) is 6. The average molecular weight is 514 g/mol. The minimum absolute atomic E-state index is 0.104. The predicted molar refractivity (Wildman–Crippen MR) is 140 cm³/mol. The summed E-state index contributed by atoms with van der Waals surface area (Å²) in [6.07, 6.45) is 0.650. The van der Waals surface area contributed by atoms with E-state index in [0.29, 0.717) is 27.1 Å². The molecule has 0 radical (unpaired) electrons. The molecular formula is C24H20ClN3O2S3. The highest BCUT2D eigenvalue weighted by Crippen LogP contribution is 2.30. The molecule has 2 aromatic heterocycles. The highest BCUT2D eigenvalue weighted by molar-refractivity contribution is 8.00. The summed E-state index contributed by atoms with van der Waals surface area (Å²) in [5, 5.41) is 10.5. The molecule has 2 amide bonds. The molecule has 0 fully saturated rings. The van der Waals surface area contributed by atoms with E-state index in [1.165, 1.54) is 34.4 Å². The number of thioether (sulfide) groups is 1. The van der Waals surface area contributed by atoms with Gasteiger partial charge in [-0.05, 0) is 48.2 Å². The number of aromatic nitrogens is 1. The highest BCUT2D eigenvalue weighted by atomic mass is 35.5. The van der Waals surface area contributed by atoms with Gasteiger partial charge in [0.1, 0.15) is 0 Å². The quantitative estimate of drug-likeness (QED) is 0.243. The molecule has 2 heterocycles. The van der Waals surface area contributed by atoms with E-state index >= 15 is 0 Å². The molecule has 33 heavy (non-hydrogen) atoms. The molecule has 0 aliphatic carbocycles. The van der Waals surface area contributed by atoms with Gasteiger partial charge in [-0.25, -0.2) is 4.98 Å². The molecule has 0 bridgehead atoms. The first kappa shape index (κ1) is 23.5. The van der Waals surface area contributed by atoms with Crippen molar-refractivity contribution < 1.29 is 9.59 Å². The number of nitrogens with one attached hydrogen (secondary N) is 2. The first-order valence-electron chi connectivity index (χ1n) is 10.2. The number of benzene rings is 2. The largest absolute Gasteiger partial charge is 0.321 e. The van der Waals surface area contributed by atoms with Crippen LogP contribution in [0.1, 0.15) is 23.0 Å². The van der Waals surface area contributed by atoms with E-state index in [1.54, 1.807) is 6.07 Å². The maximum absolute atomic E-state index is 12.9. The van der Waals surface area contributed by atoms with Crippen molar-refractivity contribution >= 4 is 68.7 Å². The first-order chi connectivity index (χ1) is 16.0. The van der Waals surface area contributed by atoms with Crippen LogP contribution in [-0.2, 0) is 4.79 Å². The predicted octanol–water partition coefficient (Wildman–Crippen LogP) is 7.29. The number of hydrogen-bond donors (Lipinski definition) is 2. The number of nitrogens with zero attached hydrogens (tertiary/aromatic N) is 1. The second-order valence-corrected chi connectivity index (χ2v) is 10.5. The Balaban J connectivity index is 1.39. The third-order valence-electron chi connectivity index (χ3n) is 4.65. The van der Waals surface area contributed by atoms with Crippen molar-refractivity contribution in [3.8, 4) is 11.3 Å². The fourth-order valence-corrected chi connectivity index (χ4v) is 5.49. The summed E-state index contributed by atoms with van der Waals surface area (Å²) in [7, 11) is 0. The monoisotopic (exact) mass is 513 g/mol. The van der Waals surface area contributed by atoms with Crippen LogP contribution in [-0.4, -0.2) is 22.0 Å². The van der Waals surface area contributed by atoms with E-state index in [4.69, 9.17) is 11.6 Å². The fourth-order valence-electron chi connectivity index (χ4n) is 3.00. The van der Waals surface area contributed by atoms with Gasteiger partial charge in [0.25, 0.3) is 5.91 Å². The number of thiazole rings is 1. The molecule has 4 rings (SSSR count). The van der Waals surface area contributed by atoms with Crippen LogP contribution in [0.3, 0.4) is 0 Å². The van der Waals surface area contributed by atoms with Gasteiger partial charge >= 0.3 is 0 Å². The number of halogens is 1. The third kappa shape index (κ3) is 6.23. The van der Waals surface area contributed by atoms with Gasteiger partial charge in [0.05, 0.1) is 15.8 Å². The first-order valence-corrected chi connectivity index (χ1v) is 13.2. The number of carbonyl (C=O) groups is 2. The summed E-state index contributed by atoms with van der Waals surface area (Å²) in [5.41, 5.74) is 2.43. The van der Waals surface area contributed by atoms with Gasteiger partial charge in [-0.3, -0.25) is 9.59 Å². The molecular weight excluding hydrogens is 494 g/mol. The van der Waals surface area contributed by atoms with Crippen LogP contribution < -0.4 is 10.6 Å². The summed E-state index contributed by atoms with van der Waals surface area (Å²) in [4.78, 5) is 31.3. The SMILES string of the molecule is CCC(Sc1cccc(NC(=O)c2cccs2)c1)C(=O)Nc1nc(-c2ccc(Cl)cc2)cs1. The van der Waals surface area contributed by atoms with Crippen LogP contribution in [0.4, 0.5) is 10.8 Å². The Morgan fingerprint density at radius 2 is 1.88 bits per heavy atom. The van der Waals surface area contributed by atoms with Crippen LogP contribution in [0.5, 0.6) is 0 Å². The lowest BCUT2D eigenvalue weighted by Gasteiger charge is -2.14. The van der Waals surface area contributed by atoms with Crippen LogP contribution in [0.15, 0.2) is 76.3 Å². The standard InChI is InChI=1S/C24H20ClN3O2S3/c1-2-20(22(29)28-24-27-19(14-32-24)15-8-10-16(25)11-9-15)33-18-6-3-5-17(13-18)26-23(30)21-7-4-12-31-21/h3-14,20H,2H2,1H3,(H,26,30)(H,27,28,29). The van der Waals surface area contributed by atoms with Crippen molar-refractivity contribution in [2.75, 3.05) is 10.6 Å². The molecule has 2 N–H and O–H groups in total. The third-order valence-corrected chi connectivity index (χ3v) is 7.89. The van der Waals surface area contributed by atoms with Gasteiger partial charge in [-0.2, -0.15) is 0 Å². The van der Waals surface area contributed by atoms with E-state index in [2.05, 4.69) is 15.6 Å². The van der Waals surface area contributed by atoms with Gasteiger partial charge in [-0.1, -0.05) is 42.8 Å². The van der Waals surface area contributed by atoms with E-state index < -0.39 is 0 Å². The zero-order valence-corrected chi connectivity index (χ0v) is 20.8. The lowest BCUT2D eigenvalue weighted by molar-refractivity contribution is -0.115. The Hall–Kier alpha value is -2.65. The maximum atomic E-state index is 12.9. The molecule has 9 heteroatoms. The van der Waals surface area contributed by atoms with Crippen LogP contribution >= 0.6 is 46.0 Å². The molecule has 2 aromatic carbocycles. The van der Waals surface area contributed by atoms with Crippen molar-refractivity contribution in [3.05, 3.63) is 81.3 Å². The number of anilines is 2. The average Bonchev–Trinajstić information content (AvgIpc) is 3.51. The van der Waals surface area contributed by atoms with Gasteiger partial charge in [0, 0.05) is 26.5 Å². The summed E-state index contributed by atoms with van der Waals surface area (Å²) in [5.74, 6) is -0.246. The summed E-state index contributed by atoms with van der Waals surface area (Å²) in [6.45, 7) is 1.97. The van der Waals surface area contributed by atoms with Crippen LogP contribution in [0.2, 0.25) is 5.02 Å². The molecule has 0 aliphatic rings. The summed E-state index contributed by atoms with van der Waals surface area (Å²) in [6, 6.07) is 18.6. The topological polar surface area (TPSA) is 71.1 Å². The van der Waals surface area contributed by atoms with E-state index in [0.717, 1.165) is 16.2 Å². The molecule has 5 nitrogen and oxygen atoms in total. The van der Waals surface area contributed by atoms with Crippen molar-refractivity contribution in [2.45, 2.75) is 23.5 Å². The number of amides is 2. The van der Waals surface area contributed by atoms with Gasteiger partial charge in [0.15, 0.2) is 5.13 Å². The molecule has 4 aromatic rings. The Labute approximate surface area is 209 Å². The van der Waals surface area contributed by atoms with Crippen LogP contribution in [0.25, 0.3) is 11.3 Å².